The van der Waals surface area contributed by atoms with Gasteiger partial charge in [0.15, 0.2) is 0 Å². The Morgan fingerprint density at radius 2 is 2.00 bits per heavy atom. The molecule has 2 rings (SSSR count). The molecule has 0 radical (unpaired) electrons. The number of anilines is 1. The highest BCUT2D eigenvalue weighted by Gasteiger charge is 2.23. The van der Waals surface area contributed by atoms with Gasteiger partial charge in [0.1, 0.15) is 0 Å². The molecule has 0 amide bonds. The zero-order valence-electron chi connectivity index (χ0n) is 10.2. The summed E-state index contributed by atoms with van der Waals surface area (Å²) in [5.41, 5.74) is 2.15. The maximum absolute atomic E-state index is 12.3. The highest BCUT2D eigenvalue weighted by Crippen LogP contribution is 2.26. The molecule has 0 saturated heterocycles. The Kier molecular flexibility index (Phi) is 3.40. The second kappa shape index (κ2) is 4.66. The van der Waals surface area contributed by atoms with Crippen molar-refractivity contribution >= 4 is 15.7 Å². The molecule has 4 nitrogen and oxygen atoms in total. The Hall–Kier alpha value is -1.07. The molecule has 17 heavy (non-hydrogen) atoms. The predicted octanol–water partition coefficient (Wildman–Crippen LogP) is 1.69. The summed E-state index contributed by atoms with van der Waals surface area (Å²) >= 11 is 0. The molecule has 0 aromatic heterocycles. The van der Waals surface area contributed by atoms with Gasteiger partial charge in [-0.05, 0) is 24.1 Å². The second-order valence-corrected chi connectivity index (χ2v) is 6.02. The summed E-state index contributed by atoms with van der Waals surface area (Å²) in [5, 5.41) is 3.20. The van der Waals surface area contributed by atoms with Crippen LogP contribution in [0.1, 0.15) is 19.4 Å². The van der Waals surface area contributed by atoms with E-state index in [1.54, 1.807) is 12.1 Å². The third-order valence-electron chi connectivity index (χ3n) is 3.13. The van der Waals surface area contributed by atoms with Crippen LogP contribution in [-0.2, 0) is 16.4 Å². The summed E-state index contributed by atoms with van der Waals surface area (Å²) in [4.78, 5) is 0.384. The van der Waals surface area contributed by atoms with Crippen molar-refractivity contribution in [2.75, 3.05) is 25.0 Å². The smallest absolute Gasteiger partial charge is 0.243 e. The number of hydrogen-bond donors (Lipinski definition) is 1. The molecule has 1 heterocycles. The molecule has 5 heteroatoms. The van der Waals surface area contributed by atoms with Gasteiger partial charge < -0.3 is 5.32 Å². The number of sulfonamides is 1. The molecule has 1 aliphatic heterocycles. The average Bonchev–Trinajstić information content (AvgIpc) is 2.77. The molecular weight excluding hydrogens is 236 g/mol. The van der Waals surface area contributed by atoms with E-state index in [0.29, 0.717) is 18.0 Å². The van der Waals surface area contributed by atoms with Gasteiger partial charge in [0, 0.05) is 25.3 Å². The van der Waals surface area contributed by atoms with Crippen molar-refractivity contribution in [1.29, 1.82) is 0 Å². The maximum Gasteiger partial charge on any atom is 0.243 e. The van der Waals surface area contributed by atoms with Crippen LogP contribution in [0.2, 0.25) is 0 Å². The predicted molar refractivity (Wildman–Crippen MR) is 68.7 cm³/mol. The summed E-state index contributed by atoms with van der Waals surface area (Å²) in [6, 6.07) is 5.36. The molecule has 1 aromatic rings. The first kappa shape index (κ1) is 12.4. The number of nitrogens with zero attached hydrogens (tertiary/aromatic N) is 1. The molecule has 1 aliphatic rings. The minimum atomic E-state index is -3.33. The van der Waals surface area contributed by atoms with Gasteiger partial charge in [-0.2, -0.15) is 4.31 Å². The zero-order chi connectivity index (χ0) is 12.5. The Bertz CT molecular complexity index is 507. The molecular formula is C12H18N2O2S. The minimum absolute atomic E-state index is 0.384. The van der Waals surface area contributed by atoms with Crippen molar-refractivity contribution in [3.8, 4) is 0 Å². The average molecular weight is 254 g/mol. The third-order valence-corrected chi connectivity index (χ3v) is 5.18. The van der Waals surface area contributed by atoms with Gasteiger partial charge in [-0.3, -0.25) is 0 Å². The van der Waals surface area contributed by atoms with Crippen LogP contribution in [0.5, 0.6) is 0 Å². The highest BCUT2D eigenvalue weighted by atomic mass is 32.2. The van der Waals surface area contributed by atoms with Crippen LogP contribution in [-0.4, -0.2) is 32.4 Å². The molecule has 1 aromatic carbocycles. The lowest BCUT2D eigenvalue weighted by atomic mass is 10.2. The van der Waals surface area contributed by atoms with Gasteiger partial charge in [0.25, 0.3) is 0 Å². The summed E-state index contributed by atoms with van der Waals surface area (Å²) in [7, 11) is -3.33. The van der Waals surface area contributed by atoms with Crippen LogP contribution >= 0.6 is 0 Å². The maximum atomic E-state index is 12.3. The van der Waals surface area contributed by atoms with Crippen molar-refractivity contribution in [2.45, 2.75) is 25.2 Å². The Balaban J connectivity index is 2.40. The van der Waals surface area contributed by atoms with Gasteiger partial charge in [-0.1, -0.05) is 19.9 Å². The van der Waals surface area contributed by atoms with Gasteiger partial charge >= 0.3 is 0 Å². The minimum Gasteiger partial charge on any atom is -0.384 e. The van der Waals surface area contributed by atoms with E-state index in [-0.39, 0.29) is 0 Å². The van der Waals surface area contributed by atoms with E-state index in [1.165, 1.54) is 9.87 Å². The van der Waals surface area contributed by atoms with Crippen molar-refractivity contribution in [3.63, 3.8) is 0 Å². The fourth-order valence-electron chi connectivity index (χ4n) is 2.14. The molecule has 0 aliphatic carbocycles. The van der Waals surface area contributed by atoms with E-state index >= 15 is 0 Å². The first-order valence-electron chi connectivity index (χ1n) is 5.96. The monoisotopic (exact) mass is 254 g/mol. The molecule has 94 valence electrons. The number of hydrogen-bond acceptors (Lipinski definition) is 3. The summed E-state index contributed by atoms with van der Waals surface area (Å²) in [6.45, 7) is 5.61. The first-order chi connectivity index (χ1) is 8.09. The molecule has 0 fully saturated rings. The lowest BCUT2D eigenvalue weighted by Crippen LogP contribution is -2.30. The highest BCUT2D eigenvalue weighted by molar-refractivity contribution is 7.89. The van der Waals surface area contributed by atoms with Crippen molar-refractivity contribution in [1.82, 2.24) is 4.31 Å². The Morgan fingerprint density at radius 3 is 2.65 bits per heavy atom. The van der Waals surface area contributed by atoms with E-state index in [1.807, 2.05) is 19.9 Å². The van der Waals surface area contributed by atoms with Gasteiger partial charge in [-0.25, -0.2) is 8.42 Å². The second-order valence-electron chi connectivity index (χ2n) is 4.09. The normalized spacial score (nSPS) is 14.8. The number of rotatable bonds is 4. The van der Waals surface area contributed by atoms with Crippen LogP contribution in [0.15, 0.2) is 23.1 Å². The summed E-state index contributed by atoms with van der Waals surface area (Å²) < 4.78 is 26.1. The lowest BCUT2D eigenvalue weighted by molar-refractivity contribution is 0.445. The molecule has 0 bridgehead atoms. The molecule has 1 N–H and O–H groups in total. The van der Waals surface area contributed by atoms with E-state index in [4.69, 9.17) is 0 Å². The largest absolute Gasteiger partial charge is 0.384 e. The summed E-state index contributed by atoms with van der Waals surface area (Å²) in [5.74, 6) is 0. The van der Waals surface area contributed by atoms with Crippen LogP contribution < -0.4 is 5.32 Å². The Morgan fingerprint density at radius 1 is 1.29 bits per heavy atom. The number of benzene rings is 1. The fraction of sp³-hybridized carbons (Fsp3) is 0.500. The van der Waals surface area contributed by atoms with Crippen LogP contribution in [0, 0.1) is 0 Å². The van der Waals surface area contributed by atoms with Crippen molar-refractivity contribution < 1.29 is 8.42 Å². The molecule has 0 atom stereocenters. The number of nitrogens with one attached hydrogen (secondary N) is 1. The van der Waals surface area contributed by atoms with Gasteiger partial charge in [0.2, 0.25) is 10.0 Å². The summed E-state index contributed by atoms with van der Waals surface area (Å²) in [6.07, 6.45) is 0.973. The Labute approximate surface area is 103 Å². The van der Waals surface area contributed by atoms with Gasteiger partial charge in [-0.15, -0.1) is 0 Å². The van der Waals surface area contributed by atoms with Gasteiger partial charge in [0.05, 0.1) is 4.90 Å². The van der Waals surface area contributed by atoms with E-state index in [9.17, 15) is 8.42 Å². The fourth-order valence-corrected chi connectivity index (χ4v) is 3.63. The van der Waals surface area contributed by atoms with E-state index in [0.717, 1.165) is 18.7 Å². The van der Waals surface area contributed by atoms with Crippen LogP contribution in [0.25, 0.3) is 0 Å². The van der Waals surface area contributed by atoms with Crippen molar-refractivity contribution in [3.05, 3.63) is 23.8 Å². The lowest BCUT2D eigenvalue weighted by Gasteiger charge is -2.18. The van der Waals surface area contributed by atoms with Crippen LogP contribution in [0.3, 0.4) is 0 Å². The van der Waals surface area contributed by atoms with E-state index < -0.39 is 10.0 Å². The topological polar surface area (TPSA) is 49.4 Å². The molecule has 0 unspecified atom stereocenters. The van der Waals surface area contributed by atoms with E-state index in [2.05, 4.69) is 5.32 Å². The van der Waals surface area contributed by atoms with Crippen LogP contribution in [0.4, 0.5) is 5.69 Å². The first-order valence-corrected chi connectivity index (χ1v) is 7.40. The quantitative estimate of drug-likeness (QED) is 0.889. The molecule has 0 saturated carbocycles. The third kappa shape index (κ3) is 2.17. The number of fused-ring (bicyclic) bond motifs is 1. The molecule has 0 spiro atoms. The zero-order valence-corrected chi connectivity index (χ0v) is 11.0. The SMILES string of the molecule is CCN(CC)S(=O)(=O)c1ccc2c(c1)NCC2. The van der Waals surface area contributed by atoms with Crippen molar-refractivity contribution in [2.24, 2.45) is 0 Å². The standard InChI is InChI=1S/C12H18N2O2S/c1-3-14(4-2)17(15,16)11-6-5-10-7-8-13-12(10)9-11/h5-6,9,13H,3-4,7-8H2,1-2H3.